The van der Waals surface area contributed by atoms with Crippen LogP contribution >= 0.6 is 0 Å². The summed E-state index contributed by atoms with van der Waals surface area (Å²) in [5.74, 6) is 0.568. The van der Waals surface area contributed by atoms with Crippen LogP contribution in [-0.4, -0.2) is 10.2 Å². The topological polar surface area (TPSA) is 40.5 Å². The van der Waals surface area contributed by atoms with Gasteiger partial charge < -0.3 is 10.2 Å². The molecule has 0 amide bonds. The molecule has 0 fully saturated rings. The average molecular weight is 437 g/mol. The van der Waals surface area contributed by atoms with Crippen molar-refractivity contribution in [2.24, 2.45) is 0 Å². The molecule has 0 bridgehead atoms. The molecule has 2 nitrogen and oxygen atoms in total. The third-order valence-corrected chi connectivity index (χ3v) is 6.89. The fourth-order valence-corrected chi connectivity index (χ4v) is 4.66. The first-order valence-corrected chi connectivity index (χ1v) is 11.5. The molecule has 4 aromatic rings. The van der Waals surface area contributed by atoms with Crippen molar-refractivity contribution in [1.29, 1.82) is 0 Å². The monoisotopic (exact) mass is 436 g/mol. The van der Waals surface area contributed by atoms with Crippen LogP contribution in [0, 0.1) is 27.7 Å². The molecule has 0 radical (unpaired) electrons. The molecule has 0 aliphatic rings. The molecular formula is C31H32O2. The van der Waals surface area contributed by atoms with E-state index in [2.05, 4.69) is 76.2 Å². The Kier molecular flexibility index (Phi) is 6.55. The van der Waals surface area contributed by atoms with Gasteiger partial charge in [0.1, 0.15) is 11.5 Å². The van der Waals surface area contributed by atoms with Gasteiger partial charge in [-0.1, -0.05) is 60.7 Å². The summed E-state index contributed by atoms with van der Waals surface area (Å²) in [5, 5.41) is 21.9. The van der Waals surface area contributed by atoms with E-state index in [1.54, 1.807) is 12.1 Å². The molecule has 0 saturated heterocycles. The molecule has 0 atom stereocenters. The first kappa shape index (κ1) is 22.7. The van der Waals surface area contributed by atoms with Gasteiger partial charge in [0.05, 0.1) is 0 Å². The van der Waals surface area contributed by atoms with Crippen molar-refractivity contribution >= 4 is 0 Å². The van der Waals surface area contributed by atoms with Gasteiger partial charge in [-0.2, -0.15) is 0 Å². The van der Waals surface area contributed by atoms with Crippen LogP contribution < -0.4 is 0 Å². The molecule has 0 spiro atoms. The number of phenolic OH excluding ortho intramolecular Hbond substituents is 2. The molecular weight excluding hydrogens is 404 g/mol. The van der Waals surface area contributed by atoms with Gasteiger partial charge in [0.25, 0.3) is 0 Å². The van der Waals surface area contributed by atoms with E-state index in [9.17, 15) is 10.2 Å². The molecule has 2 N–H and O–H groups in total. The Morgan fingerprint density at radius 3 is 1.21 bits per heavy atom. The number of benzene rings is 4. The van der Waals surface area contributed by atoms with E-state index >= 15 is 0 Å². The molecule has 0 aliphatic carbocycles. The minimum Gasteiger partial charge on any atom is -0.508 e. The summed E-state index contributed by atoms with van der Waals surface area (Å²) in [6, 6.07) is 24.3. The predicted octanol–water partition coefficient (Wildman–Crippen LogP) is 7.10. The summed E-state index contributed by atoms with van der Waals surface area (Å²) in [5.41, 5.74) is 11.3. The van der Waals surface area contributed by atoms with Crippen LogP contribution in [-0.2, 0) is 19.3 Å². The summed E-state index contributed by atoms with van der Waals surface area (Å²) < 4.78 is 0. The molecule has 4 rings (SSSR count). The Labute approximate surface area is 197 Å². The number of aromatic hydroxyl groups is 2. The highest BCUT2D eigenvalue weighted by Gasteiger charge is 2.19. The molecule has 0 heterocycles. The van der Waals surface area contributed by atoms with Crippen LogP contribution in [0.3, 0.4) is 0 Å². The molecule has 0 saturated carbocycles. The molecule has 2 heteroatoms. The van der Waals surface area contributed by atoms with Crippen molar-refractivity contribution < 1.29 is 10.2 Å². The Morgan fingerprint density at radius 1 is 0.424 bits per heavy atom. The fourth-order valence-electron chi connectivity index (χ4n) is 4.66. The first-order valence-electron chi connectivity index (χ1n) is 11.5. The quantitative estimate of drug-likeness (QED) is 0.338. The predicted molar refractivity (Wildman–Crippen MR) is 136 cm³/mol. The van der Waals surface area contributed by atoms with Gasteiger partial charge >= 0.3 is 0 Å². The SMILES string of the molecule is Cc1ccccc1Cc1c(C)ccc(O)c1Cc1c(O)ccc(C)c1Cc1ccccc1C. The lowest BCUT2D eigenvalue weighted by Crippen LogP contribution is -2.06. The second-order valence-electron chi connectivity index (χ2n) is 9.10. The zero-order chi connectivity index (χ0) is 23.5. The van der Waals surface area contributed by atoms with E-state index in [0.29, 0.717) is 6.42 Å². The Morgan fingerprint density at radius 2 is 0.818 bits per heavy atom. The van der Waals surface area contributed by atoms with Gasteiger partial charge in [-0.05, 0) is 97.2 Å². The standard InChI is InChI=1S/C31H32O2/c1-20-9-5-7-11-24(20)17-26-22(3)13-15-30(32)28(26)19-29-27(23(4)14-16-31(29)33)18-25-12-8-6-10-21(25)2/h5-16,32-33H,17-19H2,1-4H3. The highest BCUT2D eigenvalue weighted by Crippen LogP contribution is 2.35. The van der Waals surface area contributed by atoms with Crippen molar-refractivity contribution in [3.05, 3.63) is 128 Å². The molecule has 0 aromatic heterocycles. The van der Waals surface area contributed by atoms with Crippen molar-refractivity contribution in [3.8, 4) is 11.5 Å². The van der Waals surface area contributed by atoms with Crippen LogP contribution in [0.4, 0.5) is 0 Å². The zero-order valence-electron chi connectivity index (χ0n) is 19.9. The van der Waals surface area contributed by atoms with Crippen molar-refractivity contribution in [2.45, 2.75) is 47.0 Å². The second kappa shape index (κ2) is 9.54. The zero-order valence-corrected chi connectivity index (χ0v) is 19.9. The lowest BCUT2D eigenvalue weighted by molar-refractivity contribution is 0.461. The summed E-state index contributed by atoms with van der Waals surface area (Å²) in [7, 11) is 0. The maximum atomic E-state index is 10.9. The van der Waals surface area contributed by atoms with E-state index in [-0.39, 0.29) is 11.5 Å². The number of phenols is 2. The highest BCUT2D eigenvalue weighted by atomic mass is 16.3. The van der Waals surface area contributed by atoms with Crippen LogP contribution in [0.25, 0.3) is 0 Å². The minimum absolute atomic E-state index is 0.284. The maximum Gasteiger partial charge on any atom is 0.119 e. The fraction of sp³-hybridized carbons (Fsp3) is 0.226. The molecule has 33 heavy (non-hydrogen) atoms. The van der Waals surface area contributed by atoms with Crippen LogP contribution in [0.15, 0.2) is 72.8 Å². The minimum atomic E-state index is 0.284. The van der Waals surface area contributed by atoms with Crippen LogP contribution in [0.5, 0.6) is 11.5 Å². The molecule has 0 aliphatic heterocycles. The number of aryl methyl sites for hydroxylation is 4. The Hall–Kier alpha value is -3.52. The van der Waals surface area contributed by atoms with E-state index in [0.717, 1.165) is 46.2 Å². The third kappa shape index (κ3) is 4.80. The van der Waals surface area contributed by atoms with E-state index in [1.807, 2.05) is 12.1 Å². The summed E-state index contributed by atoms with van der Waals surface area (Å²) in [6.45, 7) is 8.45. The summed E-state index contributed by atoms with van der Waals surface area (Å²) in [4.78, 5) is 0. The van der Waals surface area contributed by atoms with Gasteiger partial charge in [0, 0.05) is 17.5 Å². The van der Waals surface area contributed by atoms with Crippen LogP contribution in [0.2, 0.25) is 0 Å². The van der Waals surface area contributed by atoms with Gasteiger partial charge in [-0.25, -0.2) is 0 Å². The lowest BCUT2D eigenvalue weighted by atomic mass is 9.86. The highest BCUT2D eigenvalue weighted by molar-refractivity contribution is 5.54. The lowest BCUT2D eigenvalue weighted by Gasteiger charge is -2.20. The van der Waals surface area contributed by atoms with E-state index in [4.69, 9.17) is 0 Å². The second-order valence-corrected chi connectivity index (χ2v) is 9.10. The van der Waals surface area contributed by atoms with Crippen molar-refractivity contribution in [2.75, 3.05) is 0 Å². The van der Waals surface area contributed by atoms with Gasteiger partial charge in [0.15, 0.2) is 0 Å². The number of hydrogen-bond acceptors (Lipinski definition) is 2. The van der Waals surface area contributed by atoms with Gasteiger partial charge in [-0.3, -0.25) is 0 Å². The summed E-state index contributed by atoms with van der Waals surface area (Å²) >= 11 is 0. The van der Waals surface area contributed by atoms with E-state index in [1.165, 1.54) is 22.3 Å². The molecule has 4 aromatic carbocycles. The summed E-state index contributed by atoms with van der Waals surface area (Å²) in [6.07, 6.45) is 1.99. The normalized spacial score (nSPS) is 11.0. The average Bonchev–Trinajstić information content (AvgIpc) is 2.80. The Bertz CT molecular complexity index is 1200. The third-order valence-electron chi connectivity index (χ3n) is 6.89. The van der Waals surface area contributed by atoms with Crippen molar-refractivity contribution in [1.82, 2.24) is 0 Å². The first-order chi connectivity index (χ1) is 15.8. The molecule has 0 unspecified atom stereocenters. The van der Waals surface area contributed by atoms with Crippen LogP contribution in [0.1, 0.15) is 55.6 Å². The maximum absolute atomic E-state index is 10.9. The largest absolute Gasteiger partial charge is 0.508 e. The molecule has 168 valence electrons. The Balaban J connectivity index is 1.80. The van der Waals surface area contributed by atoms with E-state index < -0.39 is 0 Å². The smallest absolute Gasteiger partial charge is 0.119 e. The van der Waals surface area contributed by atoms with Crippen molar-refractivity contribution in [3.63, 3.8) is 0 Å². The number of rotatable bonds is 6. The van der Waals surface area contributed by atoms with Gasteiger partial charge in [0.2, 0.25) is 0 Å². The number of hydrogen-bond donors (Lipinski definition) is 2. The van der Waals surface area contributed by atoms with Gasteiger partial charge in [-0.15, -0.1) is 0 Å².